The molecule has 0 aromatic heterocycles. The molecule has 0 heterocycles. The summed E-state index contributed by atoms with van der Waals surface area (Å²) in [6, 6.07) is 9.18. The first-order chi connectivity index (χ1) is 7.22. The largest absolute Gasteiger partial charge is 0.484 e. The van der Waals surface area contributed by atoms with Gasteiger partial charge in [0.05, 0.1) is 0 Å². The van der Waals surface area contributed by atoms with E-state index in [9.17, 15) is 4.79 Å². The first kappa shape index (κ1) is 11.9. The summed E-state index contributed by atoms with van der Waals surface area (Å²) < 4.78 is 5.26. The van der Waals surface area contributed by atoms with E-state index in [1.807, 2.05) is 25.1 Å². The monoisotopic (exact) mass is 227 g/mol. The Morgan fingerprint density at radius 1 is 1.47 bits per heavy atom. The molecule has 1 unspecified atom stereocenters. The maximum Gasteiger partial charge on any atom is 0.258 e. The summed E-state index contributed by atoms with van der Waals surface area (Å²) in [4.78, 5) is 11.3. The van der Waals surface area contributed by atoms with Gasteiger partial charge in [-0.05, 0) is 19.1 Å². The number of carbonyl (C=O) groups is 1. The van der Waals surface area contributed by atoms with Crippen molar-refractivity contribution in [3.05, 3.63) is 30.3 Å². The van der Waals surface area contributed by atoms with Crippen molar-refractivity contribution in [2.75, 3.05) is 12.5 Å². The highest BCUT2D eigenvalue weighted by Crippen LogP contribution is 2.07. The van der Waals surface area contributed by atoms with Gasteiger partial charge in [-0.3, -0.25) is 4.79 Å². The van der Waals surface area contributed by atoms with Gasteiger partial charge in [-0.2, -0.15) is 0 Å². The minimum atomic E-state index is -0.160. The Morgan fingerprint density at radius 2 is 2.13 bits per heavy atom. The smallest absolute Gasteiger partial charge is 0.258 e. The normalized spacial score (nSPS) is 11.9. The number of hydrogen-bond acceptors (Lipinski definition) is 2. The number of nitrogens with one attached hydrogen (secondary N) is 1. The molecule has 1 aromatic rings. The third kappa shape index (κ3) is 4.70. The van der Waals surface area contributed by atoms with E-state index in [1.54, 1.807) is 12.1 Å². The number of benzene rings is 1. The molecule has 0 radical (unpaired) electrons. The highest BCUT2D eigenvalue weighted by atomic mass is 35.5. The van der Waals surface area contributed by atoms with Gasteiger partial charge in [0.1, 0.15) is 5.75 Å². The molecular weight excluding hydrogens is 214 g/mol. The Balaban J connectivity index is 2.29. The van der Waals surface area contributed by atoms with E-state index < -0.39 is 0 Å². The summed E-state index contributed by atoms with van der Waals surface area (Å²) >= 11 is 5.56. The molecule has 0 spiro atoms. The van der Waals surface area contributed by atoms with Gasteiger partial charge in [-0.25, -0.2) is 0 Å². The van der Waals surface area contributed by atoms with E-state index in [1.165, 1.54) is 0 Å². The third-order valence-electron chi connectivity index (χ3n) is 1.75. The summed E-state index contributed by atoms with van der Waals surface area (Å²) in [5.74, 6) is 0.926. The van der Waals surface area contributed by atoms with Crippen molar-refractivity contribution < 1.29 is 9.53 Å². The van der Waals surface area contributed by atoms with Gasteiger partial charge in [0, 0.05) is 11.9 Å². The molecule has 3 nitrogen and oxygen atoms in total. The van der Waals surface area contributed by atoms with E-state index >= 15 is 0 Å². The van der Waals surface area contributed by atoms with Gasteiger partial charge in [0.2, 0.25) is 0 Å². The first-order valence-electron chi connectivity index (χ1n) is 4.75. The SMILES string of the molecule is CC(CCl)NC(=O)COc1ccccc1. The van der Waals surface area contributed by atoms with E-state index in [0.29, 0.717) is 11.6 Å². The van der Waals surface area contributed by atoms with Gasteiger partial charge in [-0.1, -0.05) is 18.2 Å². The quantitative estimate of drug-likeness (QED) is 0.780. The minimum absolute atomic E-state index is 0.0191. The summed E-state index contributed by atoms with van der Waals surface area (Å²) in [5.41, 5.74) is 0. The molecule has 4 heteroatoms. The Morgan fingerprint density at radius 3 is 2.73 bits per heavy atom. The third-order valence-corrected chi connectivity index (χ3v) is 2.21. The predicted molar refractivity (Wildman–Crippen MR) is 60.3 cm³/mol. The molecule has 1 aromatic carbocycles. The van der Waals surface area contributed by atoms with Crippen molar-refractivity contribution in [2.24, 2.45) is 0 Å². The Kier molecular flexibility index (Phi) is 4.98. The molecule has 0 saturated heterocycles. The fourth-order valence-electron chi connectivity index (χ4n) is 1.02. The second-order valence-electron chi connectivity index (χ2n) is 3.22. The van der Waals surface area contributed by atoms with Crippen LogP contribution in [0.25, 0.3) is 0 Å². The van der Waals surface area contributed by atoms with Crippen LogP contribution in [0.15, 0.2) is 30.3 Å². The Hall–Kier alpha value is -1.22. The highest BCUT2D eigenvalue weighted by molar-refractivity contribution is 6.18. The van der Waals surface area contributed by atoms with Gasteiger partial charge in [0.25, 0.3) is 5.91 Å². The number of halogens is 1. The van der Waals surface area contributed by atoms with Crippen LogP contribution in [-0.4, -0.2) is 24.4 Å². The molecule has 0 bridgehead atoms. The molecule has 15 heavy (non-hydrogen) atoms. The molecule has 0 aliphatic heterocycles. The average molecular weight is 228 g/mol. The van der Waals surface area contributed by atoms with Crippen molar-refractivity contribution in [3.8, 4) is 5.75 Å². The molecule has 1 amide bonds. The van der Waals surface area contributed by atoms with Crippen molar-refractivity contribution in [2.45, 2.75) is 13.0 Å². The van der Waals surface area contributed by atoms with E-state index in [-0.39, 0.29) is 18.6 Å². The number of hydrogen-bond donors (Lipinski definition) is 1. The van der Waals surface area contributed by atoms with Crippen LogP contribution in [0.2, 0.25) is 0 Å². The first-order valence-corrected chi connectivity index (χ1v) is 5.29. The molecule has 0 saturated carbocycles. The van der Waals surface area contributed by atoms with Crippen LogP contribution in [0.1, 0.15) is 6.92 Å². The molecule has 0 fully saturated rings. The van der Waals surface area contributed by atoms with Crippen molar-refractivity contribution >= 4 is 17.5 Å². The fraction of sp³-hybridized carbons (Fsp3) is 0.364. The standard InChI is InChI=1S/C11H14ClNO2/c1-9(7-12)13-11(14)8-15-10-5-3-2-4-6-10/h2-6,9H,7-8H2,1H3,(H,13,14). The van der Waals surface area contributed by atoms with Gasteiger partial charge in [0.15, 0.2) is 6.61 Å². The molecule has 0 aliphatic rings. The van der Waals surface area contributed by atoms with Gasteiger partial charge >= 0.3 is 0 Å². The lowest BCUT2D eigenvalue weighted by molar-refractivity contribution is -0.123. The number of ether oxygens (including phenoxy) is 1. The van der Waals surface area contributed by atoms with Crippen LogP contribution in [0.3, 0.4) is 0 Å². The number of para-hydroxylation sites is 1. The molecule has 82 valence electrons. The van der Waals surface area contributed by atoms with Crippen molar-refractivity contribution in [1.29, 1.82) is 0 Å². The maximum absolute atomic E-state index is 11.3. The van der Waals surface area contributed by atoms with Crippen LogP contribution in [0.5, 0.6) is 5.75 Å². The molecule has 0 aliphatic carbocycles. The second-order valence-corrected chi connectivity index (χ2v) is 3.53. The lowest BCUT2D eigenvalue weighted by atomic mass is 10.3. The zero-order chi connectivity index (χ0) is 11.1. The fourth-order valence-corrected chi connectivity index (χ4v) is 1.10. The van der Waals surface area contributed by atoms with Crippen molar-refractivity contribution in [3.63, 3.8) is 0 Å². The zero-order valence-corrected chi connectivity index (χ0v) is 9.33. The minimum Gasteiger partial charge on any atom is -0.484 e. The lowest BCUT2D eigenvalue weighted by Gasteiger charge is -2.11. The van der Waals surface area contributed by atoms with Crippen LogP contribution in [0.4, 0.5) is 0 Å². The van der Waals surface area contributed by atoms with Gasteiger partial charge < -0.3 is 10.1 Å². The number of carbonyl (C=O) groups excluding carboxylic acids is 1. The molecular formula is C11H14ClNO2. The Labute approximate surface area is 94.4 Å². The second kappa shape index (κ2) is 6.30. The average Bonchev–Trinajstić information content (AvgIpc) is 2.27. The van der Waals surface area contributed by atoms with Crippen LogP contribution in [0, 0.1) is 0 Å². The van der Waals surface area contributed by atoms with E-state index in [4.69, 9.17) is 16.3 Å². The predicted octanol–water partition coefficient (Wildman–Crippen LogP) is 1.81. The number of amides is 1. The molecule has 1 rings (SSSR count). The maximum atomic E-state index is 11.3. The van der Waals surface area contributed by atoms with Crippen LogP contribution >= 0.6 is 11.6 Å². The number of alkyl halides is 1. The van der Waals surface area contributed by atoms with E-state index in [2.05, 4.69) is 5.32 Å². The summed E-state index contributed by atoms with van der Waals surface area (Å²) in [6.07, 6.45) is 0. The van der Waals surface area contributed by atoms with Crippen LogP contribution in [-0.2, 0) is 4.79 Å². The van der Waals surface area contributed by atoms with Crippen molar-refractivity contribution in [1.82, 2.24) is 5.32 Å². The summed E-state index contributed by atoms with van der Waals surface area (Å²) in [5, 5.41) is 2.70. The Bertz CT molecular complexity index is 303. The summed E-state index contributed by atoms with van der Waals surface area (Å²) in [7, 11) is 0. The number of rotatable bonds is 5. The highest BCUT2D eigenvalue weighted by Gasteiger charge is 2.06. The van der Waals surface area contributed by atoms with E-state index in [0.717, 1.165) is 0 Å². The zero-order valence-electron chi connectivity index (χ0n) is 8.57. The summed E-state index contributed by atoms with van der Waals surface area (Å²) in [6.45, 7) is 1.86. The molecule has 1 N–H and O–H groups in total. The molecule has 1 atom stereocenters. The van der Waals surface area contributed by atoms with Crippen LogP contribution < -0.4 is 10.1 Å². The van der Waals surface area contributed by atoms with Gasteiger partial charge in [-0.15, -0.1) is 11.6 Å². The lowest BCUT2D eigenvalue weighted by Crippen LogP contribution is -2.37. The topological polar surface area (TPSA) is 38.3 Å².